The van der Waals surface area contributed by atoms with Crippen molar-refractivity contribution >= 4 is 38.4 Å². The number of hydrogen-bond acceptors (Lipinski definition) is 6. The smallest absolute Gasteiger partial charge is 0.261 e. The highest BCUT2D eigenvalue weighted by Crippen LogP contribution is 2.36. The zero-order valence-electron chi connectivity index (χ0n) is 13.3. The van der Waals surface area contributed by atoms with Crippen LogP contribution in [0.1, 0.15) is 19.3 Å². The van der Waals surface area contributed by atoms with Gasteiger partial charge in [-0.1, -0.05) is 11.6 Å². The van der Waals surface area contributed by atoms with E-state index in [9.17, 15) is 9.90 Å². The van der Waals surface area contributed by atoms with Gasteiger partial charge in [-0.25, -0.2) is 4.98 Å². The molecule has 0 amide bonds. The van der Waals surface area contributed by atoms with Crippen LogP contribution in [0, 0.1) is 0 Å². The van der Waals surface area contributed by atoms with E-state index in [0.29, 0.717) is 33.4 Å². The van der Waals surface area contributed by atoms with Crippen LogP contribution in [0.25, 0.3) is 10.9 Å². The molecule has 1 saturated heterocycles. The highest BCUT2D eigenvalue weighted by Gasteiger charge is 2.44. The molecule has 2 N–H and O–H groups in total. The van der Waals surface area contributed by atoms with Gasteiger partial charge in [0.1, 0.15) is 0 Å². The molecule has 132 valence electrons. The van der Waals surface area contributed by atoms with E-state index in [2.05, 4.69) is 36.5 Å². The van der Waals surface area contributed by atoms with Gasteiger partial charge >= 0.3 is 0 Å². The van der Waals surface area contributed by atoms with Crippen molar-refractivity contribution in [2.24, 2.45) is 10.2 Å². The van der Waals surface area contributed by atoms with E-state index < -0.39 is 11.8 Å². The Morgan fingerprint density at radius 2 is 2.24 bits per heavy atom. The number of nitrogens with one attached hydrogen (secondary N) is 1. The van der Waals surface area contributed by atoms with E-state index in [1.807, 2.05) is 0 Å². The SMILES string of the molecule is O=c1c2cc(Cl)c(Br)cc2ncn1CC1(C[C@H]2NCCCC2O)N=N1. The highest BCUT2D eigenvalue weighted by molar-refractivity contribution is 9.10. The predicted molar refractivity (Wildman–Crippen MR) is 97.9 cm³/mol. The lowest BCUT2D eigenvalue weighted by Crippen LogP contribution is -2.48. The van der Waals surface area contributed by atoms with E-state index in [0.717, 1.165) is 19.4 Å². The summed E-state index contributed by atoms with van der Waals surface area (Å²) in [7, 11) is 0. The van der Waals surface area contributed by atoms with Gasteiger partial charge in [0, 0.05) is 16.9 Å². The van der Waals surface area contributed by atoms with Crippen molar-refractivity contribution < 1.29 is 5.11 Å². The van der Waals surface area contributed by atoms with Gasteiger partial charge in [0.05, 0.1) is 34.9 Å². The molecule has 2 aromatic rings. The molecule has 1 aromatic heterocycles. The third-order valence-corrected chi connectivity index (χ3v) is 5.96. The van der Waals surface area contributed by atoms with Crippen molar-refractivity contribution in [3.63, 3.8) is 0 Å². The third kappa shape index (κ3) is 3.36. The largest absolute Gasteiger partial charge is 0.392 e. The second-order valence-electron chi connectivity index (χ2n) is 6.62. The molecule has 1 unspecified atom stereocenters. The fourth-order valence-corrected chi connectivity index (χ4v) is 3.81. The Bertz CT molecular complexity index is 909. The number of rotatable bonds is 4. The number of nitrogens with zero attached hydrogens (tertiary/aromatic N) is 4. The molecule has 0 spiro atoms. The van der Waals surface area contributed by atoms with Crippen LogP contribution < -0.4 is 10.9 Å². The molecule has 9 heteroatoms. The van der Waals surface area contributed by atoms with Crippen molar-refractivity contribution in [2.75, 3.05) is 6.54 Å². The Kier molecular flexibility index (Phi) is 4.39. The molecular weight excluding hydrogens is 410 g/mol. The highest BCUT2D eigenvalue weighted by atomic mass is 79.9. The van der Waals surface area contributed by atoms with E-state index in [-0.39, 0.29) is 11.6 Å². The summed E-state index contributed by atoms with van der Waals surface area (Å²) in [5.74, 6) is 0. The first-order chi connectivity index (χ1) is 12.0. The zero-order valence-corrected chi connectivity index (χ0v) is 15.7. The molecule has 2 atom stereocenters. The summed E-state index contributed by atoms with van der Waals surface area (Å²) in [5, 5.41) is 22.7. The van der Waals surface area contributed by atoms with Gasteiger partial charge in [0.15, 0.2) is 0 Å². The topological polar surface area (TPSA) is 91.9 Å². The van der Waals surface area contributed by atoms with Gasteiger partial charge in [-0.05, 0) is 47.4 Å². The number of fused-ring (bicyclic) bond motifs is 1. The fourth-order valence-electron chi connectivity index (χ4n) is 3.32. The van der Waals surface area contributed by atoms with Gasteiger partial charge in [-0.15, -0.1) is 0 Å². The number of piperidine rings is 1. The van der Waals surface area contributed by atoms with E-state index in [1.54, 1.807) is 12.1 Å². The van der Waals surface area contributed by atoms with E-state index in [1.165, 1.54) is 10.9 Å². The molecule has 2 aliphatic heterocycles. The van der Waals surface area contributed by atoms with Crippen LogP contribution in [0.15, 0.2) is 38.0 Å². The quantitative estimate of drug-likeness (QED) is 0.785. The molecule has 0 bridgehead atoms. The second-order valence-corrected chi connectivity index (χ2v) is 7.88. The van der Waals surface area contributed by atoms with Crippen LogP contribution in [0.5, 0.6) is 0 Å². The molecule has 0 saturated carbocycles. The van der Waals surface area contributed by atoms with Crippen molar-refractivity contribution in [3.05, 3.63) is 38.3 Å². The molecule has 25 heavy (non-hydrogen) atoms. The molecular formula is C16H17BrClN5O2. The van der Waals surface area contributed by atoms with Gasteiger partial charge in [0.2, 0.25) is 5.66 Å². The van der Waals surface area contributed by atoms with Crippen LogP contribution in [0.3, 0.4) is 0 Å². The first kappa shape index (κ1) is 17.1. The summed E-state index contributed by atoms with van der Waals surface area (Å²) in [6.07, 6.45) is 3.42. The Morgan fingerprint density at radius 3 is 2.96 bits per heavy atom. The van der Waals surface area contributed by atoms with E-state index >= 15 is 0 Å². The minimum Gasteiger partial charge on any atom is -0.392 e. The molecule has 0 radical (unpaired) electrons. The Morgan fingerprint density at radius 1 is 1.44 bits per heavy atom. The Hall–Kier alpha value is -1.35. The number of aromatic nitrogens is 2. The maximum atomic E-state index is 12.8. The number of aliphatic hydroxyl groups is 1. The fraction of sp³-hybridized carbons (Fsp3) is 0.500. The summed E-state index contributed by atoms with van der Waals surface area (Å²) in [5.41, 5.74) is -0.247. The maximum Gasteiger partial charge on any atom is 0.261 e. The number of halogens is 2. The minimum absolute atomic E-state index is 0.0572. The van der Waals surface area contributed by atoms with E-state index in [4.69, 9.17) is 11.6 Å². The van der Waals surface area contributed by atoms with Crippen LogP contribution in [0.4, 0.5) is 0 Å². The predicted octanol–water partition coefficient (Wildman–Crippen LogP) is 2.48. The standard InChI is InChI=1S/C16H17BrClN5O2/c17-10-5-12-9(4-11(10)18)15(25)23(8-20-12)7-16(21-22-16)6-13-14(24)2-1-3-19-13/h4-5,8,13-14,19,24H,1-3,6-7H2/t13-,14?/m1/s1. The molecule has 0 aliphatic carbocycles. The lowest BCUT2D eigenvalue weighted by Gasteiger charge is -2.30. The number of aliphatic hydroxyl groups excluding tert-OH is 1. The summed E-state index contributed by atoms with van der Waals surface area (Å²) < 4.78 is 2.22. The molecule has 2 aliphatic rings. The van der Waals surface area contributed by atoms with Crippen LogP contribution in [-0.4, -0.2) is 39.0 Å². The third-order valence-electron chi connectivity index (χ3n) is 4.77. The van der Waals surface area contributed by atoms with Crippen molar-refractivity contribution in [3.8, 4) is 0 Å². The summed E-state index contributed by atoms with van der Waals surface area (Å²) >= 11 is 9.44. The number of hydrogen-bond donors (Lipinski definition) is 2. The Balaban J connectivity index is 1.59. The normalized spacial score (nSPS) is 24.6. The van der Waals surface area contributed by atoms with Gasteiger partial charge in [-0.2, -0.15) is 10.2 Å². The minimum atomic E-state index is -0.658. The van der Waals surface area contributed by atoms with Crippen LogP contribution >= 0.6 is 27.5 Å². The molecule has 3 heterocycles. The lowest BCUT2D eigenvalue weighted by molar-refractivity contribution is 0.0850. The molecule has 4 rings (SSSR count). The maximum absolute atomic E-state index is 12.8. The second kappa shape index (κ2) is 6.42. The summed E-state index contributed by atoms with van der Waals surface area (Å²) in [6, 6.07) is 3.29. The molecule has 1 fully saturated rings. The summed E-state index contributed by atoms with van der Waals surface area (Å²) in [6.45, 7) is 1.19. The average molecular weight is 427 g/mol. The molecule has 1 aromatic carbocycles. The van der Waals surface area contributed by atoms with Gasteiger partial charge in [0.25, 0.3) is 5.56 Å². The summed E-state index contributed by atoms with van der Waals surface area (Å²) in [4.78, 5) is 17.1. The van der Waals surface area contributed by atoms with Crippen molar-refractivity contribution in [1.82, 2.24) is 14.9 Å². The van der Waals surface area contributed by atoms with Gasteiger partial charge in [-0.3, -0.25) is 9.36 Å². The monoisotopic (exact) mass is 425 g/mol. The molecule has 7 nitrogen and oxygen atoms in total. The zero-order chi connectivity index (χ0) is 17.6. The number of benzene rings is 1. The Labute approximate surface area is 157 Å². The van der Waals surface area contributed by atoms with Gasteiger partial charge < -0.3 is 10.4 Å². The van der Waals surface area contributed by atoms with Crippen molar-refractivity contribution in [1.29, 1.82) is 0 Å². The first-order valence-electron chi connectivity index (χ1n) is 8.17. The first-order valence-corrected chi connectivity index (χ1v) is 9.34. The van der Waals surface area contributed by atoms with Crippen LogP contribution in [-0.2, 0) is 6.54 Å². The lowest BCUT2D eigenvalue weighted by atomic mass is 9.93. The van der Waals surface area contributed by atoms with Crippen molar-refractivity contribution in [2.45, 2.75) is 43.6 Å². The van der Waals surface area contributed by atoms with Crippen LogP contribution in [0.2, 0.25) is 5.02 Å². The average Bonchev–Trinajstić information content (AvgIpc) is 3.34.